The summed E-state index contributed by atoms with van der Waals surface area (Å²) < 4.78 is 6.04. The van der Waals surface area contributed by atoms with E-state index in [1.807, 2.05) is 88.4 Å². The Hall–Kier alpha value is -2.20. The summed E-state index contributed by atoms with van der Waals surface area (Å²) in [5.74, 6) is 2.54. The van der Waals surface area contributed by atoms with Gasteiger partial charge >= 0.3 is 0 Å². The van der Waals surface area contributed by atoms with Crippen LogP contribution in [0.1, 0.15) is 71.9 Å². The molecule has 170 valence electrons. The van der Waals surface area contributed by atoms with Crippen LogP contribution in [0.25, 0.3) is 11.5 Å². The molecule has 1 aliphatic heterocycles. The number of carbonyl (C=O) groups is 1. The van der Waals surface area contributed by atoms with E-state index in [2.05, 4.69) is 12.2 Å². The van der Waals surface area contributed by atoms with Gasteiger partial charge in [-0.2, -0.15) is 0 Å². The van der Waals surface area contributed by atoms with Crippen LogP contribution in [-0.2, 0) is 9.53 Å². The second-order valence-electron chi connectivity index (χ2n) is 6.89. The molecule has 4 rings (SSSR count). The van der Waals surface area contributed by atoms with Crippen molar-refractivity contribution in [3.05, 3.63) is 71.8 Å². The summed E-state index contributed by atoms with van der Waals surface area (Å²) in [6, 6.07) is 20.1. The van der Waals surface area contributed by atoms with Gasteiger partial charge in [0.05, 0.1) is 11.4 Å². The lowest BCUT2D eigenvalue weighted by Crippen LogP contribution is -2.21. The van der Waals surface area contributed by atoms with Crippen molar-refractivity contribution in [2.45, 2.75) is 66.4 Å². The number of rotatable bonds is 6. The van der Waals surface area contributed by atoms with E-state index in [9.17, 15) is 4.79 Å². The largest absolute Gasteiger partial charge is 0.459 e. The Morgan fingerprint density at radius 3 is 1.87 bits per heavy atom. The highest BCUT2D eigenvalue weighted by atomic mass is 32.2. The number of ketones is 1. The van der Waals surface area contributed by atoms with Crippen LogP contribution in [-0.4, -0.2) is 17.1 Å². The Bertz CT molecular complexity index is 719. The first-order chi connectivity index (χ1) is 15.2. The molecule has 4 heteroatoms. The fraction of sp³-hybridized carbons (Fsp3) is 0.444. The summed E-state index contributed by atoms with van der Waals surface area (Å²) in [7, 11) is 0. The molecule has 31 heavy (non-hydrogen) atoms. The van der Waals surface area contributed by atoms with Gasteiger partial charge in [0.15, 0.2) is 5.76 Å². The van der Waals surface area contributed by atoms with Crippen LogP contribution in [0.3, 0.4) is 0 Å². The molecule has 3 nitrogen and oxygen atoms in total. The van der Waals surface area contributed by atoms with E-state index in [4.69, 9.17) is 4.74 Å². The first kappa shape index (κ1) is 26.8. The number of carbonyl (C=O) groups excluding carboxylic acids is 1. The molecule has 0 amide bonds. The summed E-state index contributed by atoms with van der Waals surface area (Å²) in [6.45, 7) is 11.9. The third-order valence-corrected chi connectivity index (χ3v) is 5.61. The van der Waals surface area contributed by atoms with Gasteiger partial charge in [-0.1, -0.05) is 126 Å². The Labute approximate surface area is 193 Å². The maximum Gasteiger partial charge on any atom is 0.219 e. The minimum Gasteiger partial charge on any atom is -0.459 e. The summed E-state index contributed by atoms with van der Waals surface area (Å²) in [5.41, 5.74) is 2.83. The zero-order valence-corrected chi connectivity index (χ0v) is 20.8. The lowest BCUT2D eigenvalue weighted by molar-refractivity contribution is -0.114. The van der Waals surface area contributed by atoms with Crippen molar-refractivity contribution in [3.63, 3.8) is 0 Å². The van der Waals surface area contributed by atoms with Gasteiger partial charge in [0.2, 0.25) is 5.56 Å². The van der Waals surface area contributed by atoms with Gasteiger partial charge in [0.25, 0.3) is 0 Å². The van der Waals surface area contributed by atoms with E-state index in [0.717, 1.165) is 28.5 Å². The maximum atomic E-state index is 11.2. The average Bonchev–Trinajstić information content (AvgIpc) is 3.59. The normalized spacial score (nSPS) is 16.3. The first-order valence-electron chi connectivity index (χ1n) is 11.6. The Morgan fingerprint density at radius 1 is 0.935 bits per heavy atom. The molecular formula is C27H39NO2S. The molecule has 2 aromatic carbocycles. The molecule has 1 aliphatic carbocycles. The molecule has 1 saturated carbocycles. The van der Waals surface area contributed by atoms with Crippen LogP contribution >= 0.6 is 11.8 Å². The first-order valence-corrected chi connectivity index (χ1v) is 12.6. The van der Waals surface area contributed by atoms with Crippen molar-refractivity contribution in [3.8, 4) is 0 Å². The van der Waals surface area contributed by atoms with Crippen molar-refractivity contribution in [2.24, 2.45) is 5.92 Å². The van der Waals surface area contributed by atoms with E-state index in [0.29, 0.717) is 5.75 Å². The molecule has 2 aliphatic rings. The molecule has 0 bridgehead atoms. The lowest BCUT2D eigenvalue weighted by Gasteiger charge is -2.11. The second-order valence-corrected chi connectivity index (χ2v) is 7.95. The Kier molecular flexibility index (Phi) is 13.5. The quantitative estimate of drug-likeness (QED) is 0.501. The SMILES string of the molecule is CC.CC.CC(=O)CSC1NC(c2ccccc2)=C(c2ccccc2)O1.CCC1CC1. The van der Waals surface area contributed by atoms with Crippen LogP contribution in [0.5, 0.6) is 0 Å². The number of hydrogen-bond donors (Lipinski definition) is 1. The predicted molar refractivity (Wildman–Crippen MR) is 137 cm³/mol. The highest BCUT2D eigenvalue weighted by Gasteiger charge is 2.27. The van der Waals surface area contributed by atoms with E-state index in [-0.39, 0.29) is 11.3 Å². The Balaban J connectivity index is 0.000000454. The number of ether oxygens (including phenoxy) is 1. The summed E-state index contributed by atoms with van der Waals surface area (Å²) >= 11 is 1.46. The standard InChI is InChI=1S/C18H17NO2S.C5H10.2C2H6/c1-13(20)12-22-18-19-16(14-8-4-2-5-9-14)17(21-18)15-10-6-3-7-11-15;1-2-5-3-4-5;2*1-2/h2-11,18-19H,12H2,1H3;5H,2-4H2,1H3;2*1-2H3. The lowest BCUT2D eigenvalue weighted by atomic mass is 10.1. The van der Waals surface area contributed by atoms with Crippen LogP contribution in [0.2, 0.25) is 0 Å². The maximum absolute atomic E-state index is 11.2. The molecule has 2 aromatic rings. The molecule has 0 radical (unpaired) electrons. The van der Waals surface area contributed by atoms with Crippen molar-refractivity contribution in [1.29, 1.82) is 0 Å². The smallest absolute Gasteiger partial charge is 0.219 e. The molecule has 0 aromatic heterocycles. The van der Waals surface area contributed by atoms with Gasteiger partial charge < -0.3 is 10.1 Å². The molecule has 0 saturated heterocycles. The number of thioether (sulfide) groups is 1. The van der Waals surface area contributed by atoms with Crippen LogP contribution in [0, 0.1) is 5.92 Å². The zero-order valence-electron chi connectivity index (χ0n) is 20.0. The van der Waals surface area contributed by atoms with Gasteiger partial charge in [-0.25, -0.2) is 0 Å². The number of Topliss-reactive ketones (excluding diaryl/α,β-unsaturated/α-hetero) is 1. The third-order valence-electron chi connectivity index (χ3n) is 4.52. The van der Waals surface area contributed by atoms with E-state index >= 15 is 0 Å². The zero-order chi connectivity index (χ0) is 23.1. The predicted octanol–water partition coefficient (Wildman–Crippen LogP) is 7.60. The van der Waals surface area contributed by atoms with E-state index in [1.165, 1.54) is 31.0 Å². The molecule has 1 atom stereocenters. The van der Waals surface area contributed by atoms with Crippen molar-refractivity contribution in [1.82, 2.24) is 5.32 Å². The third kappa shape index (κ3) is 9.65. The van der Waals surface area contributed by atoms with Gasteiger partial charge in [0.1, 0.15) is 5.78 Å². The molecule has 0 spiro atoms. The van der Waals surface area contributed by atoms with Gasteiger partial charge in [-0.3, -0.25) is 4.79 Å². The molecule has 1 fully saturated rings. The van der Waals surface area contributed by atoms with Crippen LogP contribution < -0.4 is 5.32 Å². The monoisotopic (exact) mass is 441 g/mol. The number of hydrogen-bond acceptors (Lipinski definition) is 4. The highest BCUT2D eigenvalue weighted by Crippen LogP contribution is 2.35. The Morgan fingerprint density at radius 2 is 1.45 bits per heavy atom. The van der Waals surface area contributed by atoms with E-state index < -0.39 is 0 Å². The van der Waals surface area contributed by atoms with Crippen LogP contribution in [0.4, 0.5) is 0 Å². The average molecular weight is 442 g/mol. The van der Waals surface area contributed by atoms with Crippen molar-refractivity contribution >= 4 is 29.0 Å². The summed E-state index contributed by atoms with van der Waals surface area (Å²) in [6.07, 6.45) is 4.44. The van der Waals surface area contributed by atoms with E-state index in [1.54, 1.807) is 6.92 Å². The van der Waals surface area contributed by atoms with Gasteiger partial charge in [-0.15, -0.1) is 0 Å². The van der Waals surface area contributed by atoms with Crippen LogP contribution in [0.15, 0.2) is 60.7 Å². The summed E-state index contributed by atoms with van der Waals surface area (Å²) in [4.78, 5) is 11.2. The molecular weight excluding hydrogens is 402 g/mol. The fourth-order valence-electron chi connectivity index (χ4n) is 2.79. The minimum absolute atomic E-state index is 0.143. The fourth-order valence-corrected chi connectivity index (χ4v) is 3.55. The second kappa shape index (κ2) is 15.6. The van der Waals surface area contributed by atoms with Gasteiger partial charge in [0, 0.05) is 11.1 Å². The topological polar surface area (TPSA) is 38.3 Å². The number of nitrogens with one attached hydrogen (secondary N) is 1. The molecule has 1 N–H and O–H groups in total. The number of benzene rings is 2. The highest BCUT2D eigenvalue weighted by molar-refractivity contribution is 8.00. The van der Waals surface area contributed by atoms with Crippen molar-refractivity contribution < 1.29 is 9.53 Å². The molecule has 1 unspecified atom stereocenters. The molecule has 1 heterocycles. The van der Waals surface area contributed by atoms with Crippen molar-refractivity contribution in [2.75, 3.05) is 5.75 Å². The van der Waals surface area contributed by atoms with Gasteiger partial charge in [-0.05, 0) is 12.8 Å². The minimum atomic E-state index is -0.241. The summed E-state index contributed by atoms with van der Waals surface area (Å²) in [5, 5.41) is 3.38.